The smallest absolute Gasteiger partial charge is 0.259 e. The van der Waals surface area contributed by atoms with Gasteiger partial charge in [0.25, 0.3) is 17.2 Å². The molecule has 0 aliphatic heterocycles. The summed E-state index contributed by atoms with van der Waals surface area (Å²) in [4.78, 5) is 38.9. The maximum atomic E-state index is 13.3. The van der Waals surface area contributed by atoms with Crippen LogP contribution in [-0.4, -0.2) is 26.0 Å². The topological polar surface area (TPSA) is 114 Å². The van der Waals surface area contributed by atoms with Crippen LogP contribution >= 0.6 is 11.3 Å². The minimum Gasteiger partial charge on any atom is -0.335 e. The average Bonchev–Trinajstić information content (AvgIpc) is 3.29. The van der Waals surface area contributed by atoms with Crippen molar-refractivity contribution in [2.24, 2.45) is 0 Å². The molecule has 9 heteroatoms. The molecule has 4 aromatic heterocycles. The lowest BCUT2D eigenvalue weighted by molar-refractivity contribution is 0.102. The van der Waals surface area contributed by atoms with Crippen molar-refractivity contribution in [2.75, 3.05) is 5.32 Å². The molecule has 0 spiro atoms. The molecule has 5 aromatic rings. The largest absolute Gasteiger partial charge is 0.335 e. The molecule has 0 radical (unpaired) electrons. The van der Waals surface area contributed by atoms with E-state index in [0.29, 0.717) is 44.6 Å². The molecule has 0 aliphatic rings. The molecule has 2 N–H and O–H groups in total. The van der Waals surface area contributed by atoms with Gasteiger partial charge in [0.15, 0.2) is 0 Å². The van der Waals surface area contributed by atoms with Gasteiger partial charge in [0.1, 0.15) is 0 Å². The first-order valence-electron chi connectivity index (χ1n) is 9.54. The number of carbonyl (C=O) groups is 1. The maximum Gasteiger partial charge on any atom is 0.259 e. The number of aryl methyl sites for hydroxylation is 3. The number of rotatable bonds is 3. The number of thiophene rings is 1. The number of anilines is 1. The highest BCUT2D eigenvalue weighted by Gasteiger charge is 2.21. The molecule has 8 nitrogen and oxygen atoms in total. The summed E-state index contributed by atoms with van der Waals surface area (Å²) in [6, 6.07) is 8.80. The van der Waals surface area contributed by atoms with E-state index in [1.807, 2.05) is 19.9 Å². The fourth-order valence-electron chi connectivity index (χ4n) is 3.64. The van der Waals surface area contributed by atoms with E-state index in [2.05, 4.69) is 25.4 Å². The minimum atomic E-state index is -0.343. The number of hydrogen-bond donors (Lipinski definition) is 2. The predicted molar refractivity (Wildman–Crippen MR) is 120 cm³/mol. The molecule has 0 saturated carbocycles. The standard InChI is InChI=1S/C22H17N5O3S/c1-10-6-14(12(3)31-10)18-8-16(19-11(2)27-30-22(19)26-18)21(29)25-13-4-5-17-15(7-13)20(28)24-9-23-17/h4-9H,1-3H3,(H,25,29)(H,23,24,28). The number of nitrogens with zero attached hydrogens (tertiary/aromatic N) is 3. The summed E-state index contributed by atoms with van der Waals surface area (Å²) >= 11 is 1.67. The molecule has 0 atom stereocenters. The van der Waals surface area contributed by atoms with Gasteiger partial charge in [-0.3, -0.25) is 9.59 Å². The van der Waals surface area contributed by atoms with Gasteiger partial charge in [0.05, 0.1) is 39.6 Å². The Labute approximate surface area is 180 Å². The van der Waals surface area contributed by atoms with Crippen LogP contribution in [-0.2, 0) is 0 Å². The Bertz CT molecular complexity index is 1550. The zero-order valence-corrected chi connectivity index (χ0v) is 17.8. The van der Waals surface area contributed by atoms with E-state index in [1.165, 1.54) is 6.33 Å². The van der Waals surface area contributed by atoms with Crippen LogP contribution in [0.15, 0.2) is 46.0 Å². The number of amides is 1. The summed E-state index contributed by atoms with van der Waals surface area (Å²) in [5.74, 6) is -0.343. The second kappa shape index (κ2) is 7.13. The maximum absolute atomic E-state index is 13.3. The average molecular weight is 431 g/mol. The van der Waals surface area contributed by atoms with Crippen molar-refractivity contribution >= 4 is 44.9 Å². The number of nitrogens with one attached hydrogen (secondary N) is 2. The van der Waals surface area contributed by atoms with Gasteiger partial charge in [-0.25, -0.2) is 9.97 Å². The van der Waals surface area contributed by atoms with Crippen molar-refractivity contribution in [1.29, 1.82) is 0 Å². The first-order chi connectivity index (χ1) is 14.9. The quantitative estimate of drug-likeness (QED) is 0.439. The van der Waals surface area contributed by atoms with E-state index in [9.17, 15) is 9.59 Å². The highest BCUT2D eigenvalue weighted by molar-refractivity contribution is 7.12. The Morgan fingerprint density at radius 1 is 1.16 bits per heavy atom. The van der Waals surface area contributed by atoms with Crippen LogP contribution in [0.4, 0.5) is 5.69 Å². The Morgan fingerprint density at radius 2 is 2.00 bits per heavy atom. The third-order valence-electron chi connectivity index (χ3n) is 5.08. The summed E-state index contributed by atoms with van der Waals surface area (Å²) in [7, 11) is 0. The number of pyridine rings is 1. The molecule has 0 saturated heterocycles. The summed E-state index contributed by atoms with van der Waals surface area (Å²) < 4.78 is 5.38. The highest BCUT2D eigenvalue weighted by Crippen LogP contribution is 2.33. The third kappa shape index (κ3) is 3.28. The van der Waals surface area contributed by atoms with E-state index >= 15 is 0 Å². The normalized spacial score (nSPS) is 11.3. The van der Waals surface area contributed by atoms with Crippen LogP contribution in [0.2, 0.25) is 0 Å². The van der Waals surface area contributed by atoms with E-state index < -0.39 is 0 Å². The van der Waals surface area contributed by atoms with Crippen LogP contribution in [0.25, 0.3) is 33.3 Å². The summed E-state index contributed by atoms with van der Waals surface area (Å²) in [6.45, 7) is 5.82. The van der Waals surface area contributed by atoms with Gasteiger partial charge in [-0.05, 0) is 51.1 Å². The number of aromatic amines is 1. The van der Waals surface area contributed by atoms with Gasteiger partial charge in [-0.1, -0.05) is 5.16 Å². The number of fused-ring (bicyclic) bond motifs is 2. The number of aromatic nitrogens is 4. The first kappa shape index (κ1) is 19.1. The summed E-state index contributed by atoms with van der Waals surface area (Å²) in [5.41, 5.74) is 3.66. The molecule has 4 heterocycles. The van der Waals surface area contributed by atoms with Crippen molar-refractivity contribution in [2.45, 2.75) is 20.8 Å². The zero-order valence-electron chi connectivity index (χ0n) is 16.9. The van der Waals surface area contributed by atoms with Gasteiger partial charge < -0.3 is 14.8 Å². The monoisotopic (exact) mass is 431 g/mol. The van der Waals surface area contributed by atoms with Crippen molar-refractivity contribution < 1.29 is 9.32 Å². The lowest BCUT2D eigenvalue weighted by Gasteiger charge is -2.09. The molecule has 0 unspecified atom stereocenters. The van der Waals surface area contributed by atoms with Gasteiger partial charge in [-0.15, -0.1) is 11.3 Å². The second-order valence-corrected chi connectivity index (χ2v) is 8.71. The van der Waals surface area contributed by atoms with Crippen LogP contribution in [0.1, 0.15) is 25.8 Å². The molecule has 154 valence electrons. The van der Waals surface area contributed by atoms with Gasteiger partial charge in [0.2, 0.25) is 0 Å². The Morgan fingerprint density at radius 3 is 2.77 bits per heavy atom. The molecule has 1 aromatic carbocycles. The molecule has 0 aliphatic carbocycles. The fourth-order valence-corrected chi connectivity index (χ4v) is 4.57. The van der Waals surface area contributed by atoms with Gasteiger partial charge >= 0.3 is 0 Å². The Kier molecular flexibility index (Phi) is 4.40. The molecule has 5 rings (SSSR count). The van der Waals surface area contributed by atoms with Crippen molar-refractivity contribution in [3.05, 3.63) is 68.0 Å². The lowest BCUT2D eigenvalue weighted by atomic mass is 10.1. The fraction of sp³-hybridized carbons (Fsp3) is 0.136. The molecular formula is C22H17N5O3S. The SMILES string of the molecule is Cc1cc(-c2cc(C(=O)Nc3ccc4nc[nH]c(=O)c4c3)c3c(C)noc3n2)c(C)s1. The first-order valence-corrected chi connectivity index (χ1v) is 10.4. The number of carbonyl (C=O) groups excluding carboxylic acids is 1. The van der Waals surface area contributed by atoms with Crippen LogP contribution in [0.3, 0.4) is 0 Å². The van der Waals surface area contributed by atoms with Crippen molar-refractivity contribution in [1.82, 2.24) is 20.1 Å². The molecular weight excluding hydrogens is 414 g/mol. The number of hydrogen-bond acceptors (Lipinski definition) is 7. The number of H-pyrrole nitrogens is 1. The summed E-state index contributed by atoms with van der Waals surface area (Å²) in [6.07, 6.45) is 1.35. The third-order valence-corrected chi connectivity index (χ3v) is 6.04. The van der Waals surface area contributed by atoms with Crippen LogP contribution < -0.4 is 10.9 Å². The lowest BCUT2D eigenvalue weighted by Crippen LogP contribution is -2.14. The predicted octanol–water partition coefficient (Wildman–Crippen LogP) is 4.37. The molecule has 31 heavy (non-hydrogen) atoms. The van der Waals surface area contributed by atoms with Gasteiger partial charge in [0, 0.05) is 21.0 Å². The number of benzene rings is 1. The van der Waals surface area contributed by atoms with Crippen LogP contribution in [0, 0.1) is 20.8 Å². The second-order valence-electron chi connectivity index (χ2n) is 7.25. The zero-order chi connectivity index (χ0) is 21.7. The molecule has 1 amide bonds. The van der Waals surface area contributed by atoms with Gasteiger partial charge in [-0.2, -0.15) is 0 Å². The van der Waals surface area contributed by atoms with Crippen molar-refractivity contribution in [3.63, 3.8) is 0 Å². The minimum absolute atomic E-state index is 0.270. The van der Waals surface area contributed by atoms with Crippen molar-refractivity contribution in [3.8, 4) is 11.3 Å². The Balaban J connectivity index is 1.61. The molecule has 0 fully saturated rings. The van der Waals surface area contributed by atoms with Crippen LogP contribution in [0.5, 0.6) is 0 Å². The molecule has 0 bridgehead atoms. The summed E-state index contributed by atoms with van der Waals surface area (Å²) in [5, 5.41) is 7.82. The van der Waals surface area contributed by atoms with E-state index in [1.54, 1.807) is 42.5 Å². The Hall–Kier alpha value is -3.85. The van der Waals surface area contributed by atoms with E-state index in [0.717, 1.165) is 15.3 Å². The van der Waals surface area contributed by atoms with E-state index in [-0.39, 0.29) is 11.5 Å². The highest BCUT2D eigenvalue weighted by atomic mass is 32.1. The van der Waals surface area contributed by atoms with E-state index in [4.69, 9.17) is 4.52 Å².